The fraction of sp³-hybridized carbons (Fsp3) is 0.769. The predicted octanol–water partition coefficient (Wildman–Crippen LogP) is -1.73. The Morgan fingerprint density at radius 3 is 1.74 bits per heavy atom. The molecule has 23 heavy (non-hydrogen) atoms. The standard InChI is InChI=1S/C5H9NO2.C5H11NO2.C3H7NO3/c7-5(8)4-2-1-3-6-4;1-3(2)4(6)5(7)8;4-2(1-5)3(6)7/h4,6H,1-3H2,(H,7,8);3-4H,6H2,1-2H3,(H,7,8);2,5H,1,4H2,(H,6,7)/t2*4-;2-/m000/s1. The maximum atomic E-state index is 10.1. The number of nitrogens with two attached hydrogens (primary N) is 2. The van der Waals surface area contributed by atoms with Crippen LogP contribution < -0.4 is 16.8 Å². The molecule has 0 bridgehead atoms. The molecule has 1 saturated heterocycles. The topological polar surface area (TPSA) is 196 Å². The first-order chi connectivity index (χ1) is 10.5. The largest absolute Gasteiger partial charge is 0.480 e. The Morgan fingerprint density at radius 2 is 1.65 bits per heavy atom. The molecule has 0 aromatic heterocycles. The molecular formula is C13H27N3O7. The SMILES string of the molecule is CC(C)[C@H](N)C(=O)O.N[C@@H](CO)C(=O)O.O=C(O)[C@@H]1CCCN1. The summed E-state index contributed by atoms with van der Waals surface area (Å²) in [7, 11) is 0. The molecule has 0 spiro atoms. The molecule has 0 aromatic carbocycles. The van der Waals surface area contributed by atoms with Crippen LogP contribution in [0.15, 0.2) is 0 Å². The van der Waals surface area contributed by atoms with Gasteiger partial charge in [-0.05, 0) is 25.3 Å². The van der Waals surface area contributed by atoms with Crippen LogP contribution in [0.1, 0.15) is 26.7 Å². The molecule has 1 heterocycles. The lowest BCUT2D eigenvalue weighted by molar-refractivity contribution is -0.140. The summed E-state index contributed by atoms with van der Waals surface area (Å²) in [4.78, 5) is 29.8. The van der Waals surface area contributed by atoms with Gasteiger partial charge in [-0.15, -0.1) is 0 Å². The average Bonchev–Trinajstić information content (AvgIpc) is 3.01. The zero-order valence-corrected chi connectivity index (χ0v) is 13.3. The van der Waals surface area contributed by atoms with Crippen molar-refractivity contribution in [2.45, 2.75) is 44.8 Å². The van der Waals surface area contributed by atoms with E-state index in [1.807, 2.05) is 0 Å². The molecule has 10 heteroatoms. The zero-order valence-electron chi connectivity index (χ0n) is 13.3. The van der Waals surface area contributed by atoms with Crippen LogP contribution in [0.25, 0.3) is 0 Å². The molecule has 3 atom stereocenters. The number of aliphatic carboxylic acids is 3. The number of hydrogen-bond acceptors (Lipinski definition) is 7. The minimum absolute atomic E-state index is 0.0208. The highest BCUT2D eigenvalue weighted by molar-refractivity contribution is 5.74. The summed E-state index contributed by atoms with van der Waals surface area (Å²) in [6.07, 6.45) is 1.78. The number of aliphatic hydroxyl groups excluding tert-OH is 1. The Morgan fingerprint density at radius 1 is 1.13 bits per heavy atom. The molecule has 1 aliphatic rings. The van der Waals surface area contributed by atoms with Gasteiger partial charge in [0.05, 0.1) is 6.61 Å². The number of aliphatic hydroxyl groups is 1. The van der Waals surface area contributed by atoms with Crippen molar-refractivity contribution in [2.75, 3.05) is 13.2 Å². The minimum Gasteiger partial charge on any atom is -0.480 e. The Kier molecular flexibility index (Phi) is 13.0. The van der Waals surface area contributed by atoms with Crippen molar-refractivity contribution in [2.24, 2.45) is 17.4 Å². The van der Waals surface area contributed by atoms with E-state index in [4.69, 9.17) is 31.9 Å². The van der Waals surface area contributed by atoms with Gasteiger partial charge in [0.1, 0.15) is 18.1 Å². The van der Waals surface area contributed by atoms with E-state index in [1.165, 1.54) is 0 Å². The molecule has 0 amide bonds. The van der Waals surface area contributed by atoms with Gasteiger partial charge < -0.3 is 37.2 Å². The predicted molar refractivity (Wildman–Crippen MR) is 81.8 cm³/mol. The lowest BCUT2D eigenvalue weighted by Crippen LogP contribution is -2.34. The molecule has 10 nitrogen and oxygen atoms in total. The number of rotatable bonds is 5. The third-order valence-electron chi connectivity index (χ3n) is 2.88. The molecular weight excluding hydrogens is 310 g/mol. The van der Waals surface area contributed by atoms with Gasteiger partial charge in [-0.2, -0.15) is 0 Å². The third-order valence-corrected chi connectivity index (χ3v) is 2.88. The molecule has 1 fully saturated rings. The van der Waals surface area contributed by atoms with Crippen LogP contribution in [0, 0.1) is 5.92 Å². The van der Waals surface area contributed by atoms with Crippen molar-refractivity contribution in [1.82, 2.24) is 5.32 Å². The van der Waals surface area contributed by atoms with Crippen molar-refractivity contribution >= 4 is 17.9 Å². The molecule has 0 unspecified atom stereocenters. The van der Waals surface area contributed by atoms with Crippen molar-refractivity contribution < 1.29 is 34.8 Å². The van der Waals surface area contributed by atoms with Crippen LogP contribution in [-0.4, -0.2) is 69.6 Å². The number of nitrogens with one attached hydrogen (secondary N) is 1. The maximum Gasteiger partial charge on any atom is 0.322 e. The Balaban J connectivity index is 0. The third kappa shape index (κ3) is 12.5. The first kappa shape index (κ1) is 23.5. The molecule has 0 radical (unpaired) electrons. The maximum absolute atomic E-state index is 10.1. The summed E-state index contributed by atoms with van der Waals surface area (Å²) in [5.74, 6) is -2.81. The van der Waals surface area contributed by atoms with E-state index in [1.54, 1.807) is 13.8 Å². The van der Waals surface area contributed by atoms with Crippen molar-refractivity contribution in [3.8, 4) is 0 Å². The van der Waals surface area contributed by atoms with Crippen LogP contribution in [-0.2, 0) is 14.4 Å². The first-order valence-corrected chi connectivity index (χ1v) is 7.08. The fourth-order valence-corrected chi connectivity index (χ4v) is 1.26. The van der Waals surface area contributed by atoms with Crippen LogP contribution >= 0.6 is 0 Å². The van der Waals surface area contributed by atoms with Crippen molar-refractivity contribution in [3.05, 3.63) is 0 Å². The van der Waals surface area contributed by atoms with Gasteiger partial charge in [0, 0.05) is 0 Å². The summed E-state index contributed by atoms with van der Waals surface area (Å²) in [5.41, 5.74) is 9.93. The van der Waals surface area contributed by atoms with E-state index in [2.05, 4.69) is 5.32 Å². The lowest BCUT2D eigenvalue weighted by atomic mass is 10.1. The van der Waals surface area contributed by atoms with E-state index in [0.717, 1.165) is 19.4 Å². The van der Waals surface area contributed by atoms with Gasteiger partial charge in [0.15, 0.2) is 0 Å². The van der Waals surface area contributed by atoms with Gasteiger partial charge >= 0.3 is 17.9 Å². The van der Waals surface area contributed by atoms with Gasteiger partial charge in [-0.3, -0.25) is 14.4 Å². The van der Waals surface area contributed by atoms with Gasteiger partial charge in [-0.25, -0.2) is 0 Å². The lowest BCUT2D eigenvalue weighted by Gasteiger charge is -2.07. The van der Waals surface area contributed by atoms with Gasteiger partial charge in [-0.1, -0.05) is 13.8 Å². The van der Waals surface area contributed by atoms with Gasteiger partial charge in [0.2, 0.25) is 0 Å². The van der Waals surface area contributed by atoms with Crippen molar-refractivity contribution in [1.29, 1.82) is 0 Å². The highest BCUT2D eigenvalue weighted by atomic mass is 16.4. The first-order valence-electron chi connectivity index (χ1n) is 7.08. The Hall–Kier alpha value is -1.75. The molecule has 1 aliphatic heterocycles. The molecule has 0 aliphatic carbocycles. The monoisotopic (exact) mass is 337 g/mol. The second-order valence-corrected chi connectivity index (χ2v) is 5.22. The summed E-state index contributed by atoms with van der Waals surface area (Å²) >= 11 is 0. The average molecular weight is 337 g/mol. The number of hydrogen-bond donors (Lipinski definition) is 7. The second-order valence-electron chi connectivity index (χ2n) is 5.22. The molecule has 9 N–H and O–H groups in total. The quantitative estimate of drug-likeness (QED) is 0.302. The number of carboxylic acids is 3. The molecule has 1 rings (SSSR count). The zero-order chi connectivity index (χ0) is 18.6. The summed E-state index contributed by atoms with van der Waals surface area (Å²) in [6.45, 7) is 3.91. The molecule has 0 saturated carbocycles. The van der Waals surface area contributed by atoms with Crippen LogP contribution in [0.4, 0.5) is 0 Å². The fourth-order valence-electron chi connectivity index (χ4n) is 1.26. The summed E-state index contributed by atoms with van der Waals surface area (Å²) < 4.78 is 0. The second kappa shape index (κ2) is 12.8. The highest BCUT2D eigenvalue weighted by Crippen LogP contribution is 2.03. The summed E-state index contributed by atoms with van der Waals surface area (Å²) in [6, 6.07) is -2.11. The van der Waals surface area contributed by atoms with E-state index in [9.17, 15) is 14.4 Å². The molecule has 136 valence electrons. The van der Waals surface area contributed by atoms with E-state index >= 15 is 0 Å². The smallest absolute Gasteiger partial charge is 0.322 e. The van der Waals surface area contributed by atoms with Crippen LogP contribution in [0.5, 0.6) is 0 Å². The Bertz CT molecular complexity index is 359. The van der Waals surface area contributed by atoms with Gasteiger partial charge in [0.25, 0.3) is 0 Å². The summed E-state index contributed by atoms with van der Waals surface area (Å²) in [5, 5.41) is 35.3. The van der Waals surface area contributed by atoms with Crippen LogP contribution in [0.3, 0.4) is 0 Å². The molecule has 0 aromatic rings. The van der Waals surface area contributed by atoms with Crippen molar-refractivity contribution in [3.63, 3.8) is 0 Å². The highest BCUT2D eigenvalue weighted by Gasteiger charge is 2.20. The van der Waals surface area contributed by atoms with E-state index < -0.39 is 36.6 Å². The van der Waals surface area contributed by atoms with E-state index in [-0.39, 0.29) is 12.0 Å². The normalized spacial score (nSPS) is 18.8. The number of carbonyl (C=O) groups is 3. The minimum atomic E-state index is -1.18. The van der Waals surface area contributed by atoms with E-state index in [0.29, 0.717) is 0 Å². The number of carboxylic acid groups (broad SMARTS) is 3. The van der Waals surface area contributed by atoms with Crippen LogP contribution in [0.2, 0.25) is 0 Å². The Labute approximate surface area is 134 Å².